The zero-order valence-electron chi connectivity index (χ0n) is 14.9. The summed E-state index contributed by atoms with van der Waals surface area (Å²) in [6.07, 6.45) is 1.59. The van der Waals surface area contributed by atoms with Crippen molar-refractivity contribution in [3.63, 3.8) is 0 Å². The Bertz CT molecular complexity index is 1090. The molecule has 0 aliphatic carbocycles. The number of piperazine rings is 1. The molecule has 0 spiro atoms. The molecule has 8 heteroatoms. The number of nitrogens with one attached hydrogen (secondary N) is 1. The van der Waals surface area contributed by atoms with Crippen LogP contribution in [0.5, 0.6) is 5.75 Å². The summed E-state index contributed by atoms with van der Waals surface area (Å²) in [4.78, 5) is 2.39. The molecule has 3 aromatic rings. The molecule has 2 heterocycles. The summed E-state index contributed by atoms with van der Waals surface area (Å²) in [6.45, 7) is 3.42. The average Bonchev–Trinajstić information content (AvgIpc) is 3.12. The van der Waals surface area contributed by atoms with Gasteiger partial charge in [0, 0.05) is 42.8 Å². The Hall–Kier alpha value is -2.22. The van der Waals surface area contributed by atoms with Gasteiger partial charge in [0.25, 0.3) is 10.0 Å². The molecule has 0 atom stereocenters. The van der Waals surface area contributed by atoms with E-state index in [9.17, 15) is 8.42 Å². The van der Waals surface area contributed by atoms with Gasteiger partial charge < -0.3 is 15.0 Å². The molecule has 0 unspecified atom stereocenters. The molecular formula is C19H20ClN3O3S. The summed E-state index contributed by atoms with van der Waals surface area (Å²) in [5, 5.41) is 4.56. The molecule has 27 heavy (non-hydrogen) atoms. The van der Waals surface area contributed by atoms with Crippen LogP contribution in [0.2, 0.25) is 5.02 Å². The lowest BCUT2D eigenvalue weighted by atomic mass is 10.1. The summed E-state index contributed by atoms with van der Waals surface area (Å²) in [7, 11) is -2.12. The fourth-order valence-corrected chi connectivity index (χ4v) is 5.13. The first-order valence-electron chi connectivity index (χ1n) is 8.67. The fraction of sp³-hybridized carbons (Fsp3) is 0.263. The van der Waals surface area contributed by atoms with Crippen LogP contribution in [0.25, 0.3) is 10.9 Å². The highest BCUT2D eigenvalue weighted by atomic mass is 35.5. The number of anilines is 1. The van der Waals surface area contributed by atoms with Gasteiger partial charge in [-0.2, -0.15) is 0 Å². The van der Waals surface area contributed by atoms with E-state index in [1.54, 1.807) is 37.6 Å². The first-order valence-corrected chi connectivity index (χ1v) is 10.5. The zero-order chi connectivity index (χ0) is 19.0. The number of ether oxygens (including phenoxy) is 1. The molecular weight excluding hydrogens is 386 g/mol. The van der Waals surface area contributed by atoms with E-state index in [0.29, 0.717) is 10.5 Å². The number of methoxy groups -OCH3 is 1. The molecule has 0 radical (unpaired) electrons. The monoisotopic (exact) mass is 405 g/mol. The van der Waals surface area contributed by atoms with Gasteiger partial charge >= 0.3 is 0 Å². The van der Waals surface area contributed by atoms with Gasteiger partial charge in [0.15, 0.2) is 0 Å². The number of nitrogens with zero attached hydrogens (tertiary/aromatic N) is 2. The number of rotatable bonds is 4. The molecule has 4 rings (SSSR count). The number of benzene rings is 2. The Morgan fingerprint density at radius 2 is 1.89 bits per heavy atom. The van der Waals surface area contributed by atoms with Crippen molar-refractivity contribution in [1.29, 1.82) is 0 Å². The van der Waals surface area contributed by atoms with Crippen molar-refractivity contribution in [3.8, 4) is 5.75 Å². The molecule has 142 valence electrons. The van der Waals surface area contributed by atoms with Crippen LogP contribution in [0.1, 0.15) is 0 Å². The van der Waals surface area contributed by atoms with Crippen LogP contribution in [0.4, 0.5) is 5.69 Å². The lowest BCUT2D eigenvalue weighted by Gasteiger charge is -2.31. The molecule has 0 saturated carbocycles. The molecule has 0 bridgehead atoms. The summed E-state index contributed by atoms with van der Waals surface area (Å²) in [5.74, 6) is 0.738. The van der Waals surface area contributed by atoms with Crippen molar-refractivity contribution < 1.29 is 13.2 Å². The second-order valence-corrected chi connectivity index (χ2v) is 8.61. The molecule has 1 aliphatic rings. The number of hydrogen-bond acceptors (Lipinski definition) is 5. The van der Waals surface area contributed by atoms with E-state index < -0.39 is 10.0 Å². The summed E-state index contributed by atoms with van der Waals surface area (Å²) in [6, 6.07) is 11.7. The summed E-state index contributed by atoms with van der Waals surface area (Å²) >= 11 is 5.99. The van der Waals surface area contributed by atoms with Gasteiger partial charge in [0.05, 0.1) is 23.2 Å². The zero-order valence-corrected chi connectivity index (χ0v) is 16.4. The minimum Gasteiger partial charge on any atom is -0.495 e. The van der Waals surface area contributed by atoms with Gasteiger partial charge in [-0.05, 0) is 36.4 Å². The van der Waals surface area contributed by atoms with Crippen LogP contribution in [0, 0.1) is 0 Å². The van der Waals surface area contributed by atoms with Crippen molar-refractivity contribution >= 4 is 38.2 Å². The second kappa shape index (κ2) is 7.07. The topological polar surface area (TPSA) is 63.6 Å². The van der Waals surface area contributed by atoms with E-state index in [1.165, 1.54) is 10.0 Å². The van der Waals surface area contributed by atoms with Crippen molar-refractivity contribution in [3.05, 3.63) is 53.7 Å². The molecule has 1 saturated heterocycles. The van der Waals surface area contributed by atoms with Gasteiger partial charge in [0.2, 0.25) is 0 Å². The minimum atomic E-state index is -3.75. The van der Waals surface area contributed by atoms with E-state index in [2.05, 4.69) is 10.2 Å². The average molecular weight is 406 g/mol. The third-order valence-electron chi connectivity index (χ3n) is 4.78. The van der Waals surface area contributed by atoms with E-state index in [1.807, 2.05) is 12.1 Å². The third-order valence-corrected chi connectivity index (χ3v) is 6.70. The minimum absolute atomic E-state index is 0.159. The maximum atomic E-state index is 13.2. The smallest absolute Gasteiger partial charge is 0.268 e. The first-order chi connectivity index (χ1) is 13.0. The Kier molecular flexibility index (Phi) is 4.75. The summed E-state index contributed by atoms with van der Waals surface area (Å²) in [5.41, 5.74) is 1.54. The van der Waals surface area contributed by atoms with Gasteiger partial charge in [-0.15, -0.1) is 0 Å². The Morgan fingerprint density at radius 3 is 2.59 bits per heavy atom. The molecule has 1 fully saturated rings. The quantitative estimate of drug-likeness (QED) is 0.723. The molecule has 2 aromatic carbocycles. The SMILES string of the molecule is COc1ccc2c(ccn2S(=O)(=O)c2cccc(Cl)c2)c1N1CCNCC1. The van der Waals surface area contributed by atoms with Crippen LogP contribution >= 0.6 is 11.6 Å². The van der Waals surface area contributed by atoms with E-state index in [-0.39, 0.29) is 4.90 Å². The highest BCUT2D eigenvalue weighted by molar-refractivity contribution is 7.90. The van der Waals surface area contributed by atoms with Gasteiger partial charge in [-0.3, -0.25) is 0 Å². The number of halogens is 1. The highest BCUT2D eigenvalue weighted by Gasteiger charge is 2.24. The van der Waals surface area contributed by atoms with E-state index >= 15 is 0 Å². The van der Waals surface area contributed by atoms with Crippen molar-refractivity contribution in [2.24, 2.45) is 0 Å². The van der Waals surface area contributed by atoms with E-state index in [0.717, 1.165) is 43.0 Å². The van der Waals surface area contributed by atoms with Crippen LogP contribution in [-0.4, -0.2) is 45.7 Å². The lowest BCUT2D eigenvalue weighted by molar-refractivity contribution is 0.413. The van der Waals surface area contributed by atoms with Crippen LogP contribution in [-0.2, 0) is 10.0 Å². The molecule has 1 aromatic heterocycles. The predicted octanol–water partition coefficient (Wildman–Crippen LogP) is 2.95. The predicted molar refractivity (Wildman–Crippen MR) is 108 cm³/mol. The summed E-state index contributed by atoms with van der Waals surface area (Å²) < 4.78 is 33.2. The standard InChI is InChI=1S/C19H20ClN3O3S/c1-26-18-6-5-17-16(19(18)22-11-8-21-9-12-22)7-10-23(17)27(24,25)15-4-2-3-14(20)13-15/h2-7,10,13,21H,8-9,11-12H2,1H3. The second-order valence-electron chi connectivity index (χ2n) is 6.36. The molecule has 6 nitrogen and oxygen atoms in total. The van der Waals surface area contributed by atoms with Crippen molar-refractivity contribution in [2.75, 3.05) is 38.2 Å². The van der Waals surface area contributed by atoms with Gasteiger partial charge in [-0.1, -0.05) is 17.7 Å². The van der Waals surface area contributed by atoms with Crippen LogP contribution in [0.15, 0.2) is 53.6 Å². The normalized spacial score (nSPS) is 15.3. The molecule has 1 N–H and O–H groups in total. The lowest BCUT2D eigenvalue weighted by Crippen LogP contribution is -2.43. The van der Waals surface area contributed by atoms with E-state index in [4.69, 9.17) is 16.3 Å². The molecule has 1 aliphatic heterocycles. The molecule has 0 amide bonds. The number of aromatic nitrogens is 1. The first kappa shape index (κ1) is 18.2. The third kappa shape index (κ3) is 3.16. The number of hydrogen-bond donors (Lipinski definition) is 1. The van der Waals surface area contributed by atoms with Gasteiger partial charge in [-0.25, -0.2) is 12.4 Å². The highest BCUT2D eigenvalue weighted by Crippen LogP contribution is 2.38. The maximum absolute atomic E-state index is 13.2. The fourth-order valence-electron chi connectivity index (χ4n) is 3.49. The largest absolute Gasteiger partial charge is 0.495 e. The number of fused-ring (bicyclic) bond motifs is 1. The van der Waals surface area contributed by atoms with Crippen LogP contribution < -0.4 is 15.0 Å². The Balaban J connectivity index is 1.89. The maximum Gasteiger partial charge on any atom is 0.268 e. The van der Waals surface area contributed by atoms with Crippen molar-refractivity contribution in [1.82, 2.24) is 9.29 Å². The van der Waals surface area contributed by atoms with Crippen molar-refractivity contribution in [2.45, 2.75) is 4.90 Å². The Morgan fingerprint density at radius 1 is 1.11 bits per heavy atom. The van der Waals surface area contributed by atoms with Gasteiger partial charge in [0.1, 0.15) is 5.75 Å². The Labute approximate surface area is 163 Å². The van der Waals surface area contributed by atoms with Crippen LogP contribution in [0.3, 0.4) is 0 Å².